The summed E-state index contributed by atoms with van der Waals surface area (Å²) in [6, 6.07) is 4.59. The first-order valence-electron chi connectivity index (χ1n) is 5.34. The smallest absolute Gasteiger partial charge is 0.251 e. The van der Waals surface area contributed by atoms with Gasteiger partial charge in [-0.15, -0.1) is 0 Å². The topological polar surface area (TPSA) is 29.1 Å². The molecule has 0 radical (unpaired) electrons. The van der Waals surface area contributed by atoms with Gasteiger partial charge in [-0.1, -0.05) is 0 Å². The molecule has 86 valence electrons. The molecule has 1 aromatic rings. The Bertz CT molecular complexity index is 417. The van der Waals surface area contributed by atoms with E-state index < -0.39 is 5.82 Å². The van der Waals surface area contributed by atoms with Crippen LogP contribution in [0.4, 0.5) is 4.39 Å². The SMILES string of the molecule is C[C@@H](NC(=O)c1ccc(Br)c(F)c1)C1CC1. The van der Waals surface area contributed by atoms with Crippen LogP contribution >= 0.6 is 15.9 Å². The summed E-state index contributed by atoms with van der Waals surface area (Å²) in [7, 11) is 0. The second kappa shape index (κ2) is 4.53. The molecule has 1 N–H and O–H groups in total. The van der Waals surface area contributed by atoms with Gasteiger partial charge in [-0.2, -0.15) is 0 Å². The van der Waals surface area contributed by atoms with Gasteiger partial charge < -0.3 is 5.32 Å². The van der Waals surface area contributed by atoms with E-state index in [2.05, 4.69) is 21.2 Å². The predicted octanol–water partition coefficient (Wildman–Crippen LogP) is 3.12. The van der Waals surface area contributed by atoms with Gasteiger partial charge in [-0.3, -0.25) is 4.79 Å². The van der Waals surface area contributed by atoms with E-state index in [1.807, 2.05) is 6.92 Å². The van der Waals surface area contributed by atoms with Crippen LogP contribution in [0.15, 0.2) is 22.7 Å². The van der Waals surface area contributed by atoms with E-state index in [9.17, 15) is 9.18 Å². The molecule has 2 nitrogen and oxygen atoms in total. The first-order chi connectivity index (χ1) is 7.58. The number of carbonyl (C=O) groups is 1. The van der Waals surface area contributed by atoms with E-state index in [4.69, 9.17) is 0 Å². The van der Waals surface area contributed by atoms with Gasteiger partial charge in [0.2, 0.25) is 0 Å². The molecule has 0 heterocycles. The summed E-state index contributed by atoms with van der Waals surface area (Å²) < 4.78 is 13.6. The van der Waals surface area contributed by atoms with Crippen LogP contribution < -0.4 is 5.32 Å². The highest BCUT2D eigenvalue weighted by atomic mass is 79.9. The van der Waals surface area contributed by atoms with Crippen LogP contribution in [-0.4, -0.2) is 11.9 Å². The molecule has 1 amide bonds. The predicted molar refractivity (Wildman–Crippen MR) is 63.8 cm³/mol. The van der Waals surface area contributed by atoms with Gasteiger partial charge in [0.05, 0.1) is 4.47 Å². The molecule has 0 aromatic heterocycles. The average molecular weight is 286 g/mol. The zero-order valence-corrected chi connectivity index (χ0v) is 10.6. The third-order valence-corrected chi connectivity index (χ3v) is 3.51. The molecular formula is C12H13BrFNO. The van der Waals surface area contributed by atoms with Crippen molar-refractivity contribution >= 4 is 21.8 Å². The summed E-state index contributed by atoms with van der Waals surface area (Å²) >= 11 is 3.06. The molecule has 1 aliphatic carbocycles. The van der Waals surface area contributed by atoms with Crippen molar-refractivity contribution < 1.29 is 9.18 Å². The van der Waals surface area contributed by atoms with Crippen LogP contribution in [0.1, 0.15) is 30.1 Å². The highest BCUT2D eigenvalue weighted by Gasteiger charge is 2.29. The fraction of sp³-hybridized carbons (Fsp3) is 0.417. The largest absolute Gasteiger partial charge is 0.349 e. The van der Waals surface area contributed by atoms with Crippen molar-refractivity contribution in [3.8, 4) is 0 Å². The van der Waals surface area contributed by atoms with Gasteiger partial charge >= 0.3 is 0 Å². The fourth-order valence-corrected chi connectivity index (χ4v) is 1.89. The van der Waals surface area contributed by atoms with Gasteiger partial charge in [-0.25, -0.2) is 4.39 Å². The number of hydrogen-bond donors (Lipinski definition) is 1. The molecule has 0 aliphatic heterocycles. The Hall–Kier alpha value is -0.900. The molecule has 1 aromatic carbocycles. The van der Waals surface area contributed by atoms with E-state index in [1.165, 1.54) is 18.9 Å². The lowest BCUT2D eigenvalue weighted by molar-refractivity contribution is 0.0935. The van der Waals surface area contributed by atoms with Crippen LogP contribution in [0.25, 0.3) is 0 Å². The van der Waals surface area contributed by atoms with Crippen molar-refractivity contribution in [2.45, 2.75) is 25.8 Å². The van der Waals surface area contributed by atoms with Crippen LogP contribution in [0.5, 0.6) is 0 Å². The van der Waals surface area contributed by atoms with Crippen molar-refractivity contribution in [1.82, 2.24) is 5.32 Å². The van der Waals surface area contributed by atoms with E-state index in [1.54, 1.807) is 12.1 Å². The highest BCUT2D eigenvalue weighted by Crippen LogP contribution is 2.32. The molecule has 0 saturated heterocycles. The summed E-state index contributed by atoms with van der Waals surface area (Å²) in [6.07, 6.45) is 2.35. The minimum Gasteiger partial charge on any atom is -0.349 e. The van der Waals surface area contributed by atoms with Crippen molar-refractivity contribution in [3.63, 3.8) is 0 Å². The second-order valence-corrected chi connectivity index (χ2v) is 5.08. The second-order valence-electron chi connectivity index (χ2n) is 4.23. The Morgan fingerprint density at radius 3 is 2.81 bits per heavy atom. The maximum atomic E-state index is 13.2. The van der Waals surface area contributed by atoms with Crippen molar-refractivity contribution in [3.05, 3.63) is 34.1 Å². The number of benzene rings is 1. The van der Waals surface area contributed by atoms with Crippen LogP contribution in [-0.2, 0) is 0 Å². The molecule has 1 fully saturated rings. The number of carbonyl (C=O) groups excluding carboxylic acids is 1. The zero-order valence-electron chi connectivity index (χ0n) is 8.97. The molecule has 1 aliphatic rings. The zero-order chi connectivity index (χ0) is 11.7. The van der Waals surface area contributed by atoms with Gasteiger partial charge in [0.1, 0.15) is 5.82 Å². The van der Waals surface area contributed by atoms with E-state index in [0.717, 1.165) is 0 Å². The van der Waals surface area contributed by atoms with E-state index in [0.29, 0.717) is 16.0 Å². The van der Waals surface area contributed by atoms with Crippen molar-refractivity contribution in [2.75, 3.05) is 0 Å². The minimum absolute atomic E-state index is 0.180. The van der Waals surface area contributed by atoms with Gasteiger partial charge in [0.15, 0.2) is 0 Å². The average Bonchev–Trinajstić information content (AvgIpc) is 3.05. The molecule has 4 heteroatoms. The third-order valence-electron chi connectivity index (χ3n) is 2.87. The Labute approximate surface area is 102 Å². The first-order valence-corrected chi connectivity index (χ1v) is 6.13. The summed E-state index contributed by atoms with van der Waals surface area (Å²) in [4.78, 5) is 11.8. The van der Waals surface area contributed by atoms with Crippen molar-refractivity contribution in [2.24, 2.45) is 5.92 Å². The Morgan fingerprint density at radius 2 is 2.25 bits per heavy atom. The number of rotatable bonds is 3. The molecule has 0 spiro atoms. The third kappa shape index (κ3) is 2.61. The summed E-state index contributed by atoms with van der Waals surface area (Å²) in [6.45, 7) is 1.99. The molecule has 1 saturated carbocycles. The molecule has 16 heavy (non-hydrogen) atoms. The monoisotopic (exact) mass is 285 g/mol. The van der Waals surface area contributed by atoms with Crippen molar-refractivity contribution in [1.29, 1.82) is 0 Å². The minimum atomic E-state index is -0.410. The molecule has 1 atom stereocenters. The Morgan fingerprint density at radius 1 is 1.56 bits per heavy atom. The summed E-state index contributed by atoms with van der Waals surface area (Å²) in [5.41, 5.74) is 0.369. The lowest BCUT2D eigenvalue weighted by Crippen LogP contribution is -2.34. The normalized spacial score (nSPS) is 16.9. The molecule has 0 unspecified atom stereocenters. The number of nitrogens with one attached hydrogen (secondary N) is 1. The number of halogens is 2. The summed E-state index contributed by atoms with van der Waals surface area (Å²) in [5.74, 6) is -0.0122. The van der Waals surface area contributed by atoms with Gasteiger partial charge in [0.25, 0.3) is 5.91 Å². The lowest BCUT2D eigenvalue weighted by Gasteiger charge is -2.12. The molecule has 2 rings (SSSR count). The molecule has 0 bridgehead atoms. The maximum Gasteiger partial charge on any atom is 0.251 e. The van der Waals surface area contributed by atoms with Crippen LogP contribution in [0, 0.1) is 11.7 Å². The summed E-state index contributed by atoms with van der Waals surface area (Å²) in [5, 5.41) is 2.88. The van der Waals surface area contributed by atoms with E-state index in [-0.39, 0.29) is 11.9 Å². The highest BCUT2D eigenvalue weighted by molar-refractivity contribution is 9.10. The maximum absolute atomic E-state index is 13.2. The lowest BCUT2D eigenvalue weighted by atomic mass is 10.1. The fourth-order valence-electron chi connectivity index (χ4n) is 1.64. The Balaban J connectivity index is 2.05. The van der Waals surface area contributed by atoms with E-state index >= 15 is 0 Å². The quantitative estimate of drug-likeness (QED) is 0.908. The van der Waals surface area contributed by atoms with Crippen LogP contribution in [0.2, 0.25) is 0 Å². The number of amides is 1. The number of hydrogen-bond acceptors (Lipinski definition) is 1. The van der Waals surface area contributed by atoms with Crippen LogP contribution in [0.3, 0.4) is 0 Å². The Kier molecular flexibility index (Phi) is 3.28. The molecular weight excluding hydrogens is 273 g/mol. The van der Waals surface area contributed by atoms with Gasteiger partial charge in [-0.05, 0) is 59.8 Å². The standard InChI is InChI=1S/C12H13BrFNO/c1-7(8-2-3-8)15-12(16)9-4-5-10(13)11(14)6-9/h4-8H,2-3H2,1H3,(H,15,16)/t7-/m1/s1. The van der Waals surface area contributed by atoms with Gasteiger partial charge in [0, 0.05) is 11.6 Å². The first kappa shape index (κ1) is 11.6.